The maximum atomic E-state index is 14.0. The van der Waals surface area contributed by atoms with Gasteiger partial charge in [0.2, 0.25) is 0 Å². The number of hydrogen-bond acceptors (Lipinski definition) is 1. The summed E-state index contributed by atoms with van der Waals surface area (Å²) in [6.45, 7) is 9.12. The van der Waals surface area contributed by atoms with Crippen LogP contribution in [0.25, 0.3) is 0 Å². The molecule has 2 nitrogen and oxygen atoms in total. The van der Waals surface area contributed by atoms with Crippen molar-refractivity contribution in [3.05, 3.63) is 0 Å². The molecule has 2 atom stereocenters. The molecule has 1 rings (SSSR count). The van der Waals surface area contributed by atoms with Crippen LogP contribution in [0.4, 0.5) is 0 Å². The molecule has 0 aromatic heterocycles. The maximum absolute atomic E-state index is 14.0. The lowest BCUT2D eigenvalue weighted by Gasteiger charge is -2.33. The zero-order valence-corrected chi connectivity index (χ0v) is 18.6. The fourth-order valence-electron chi connectivity index (χ4n) is 4.41. The summed E-state index contributed by atoms with van der Waals surface area (Å²) in [6.07, 6.45) is 18.3. The van der Waals surface area contributed by atoms with E-state index in [0.29, 0.717) is 17.9 Å². The fraction of sp³-hybridized carbons (Fsp3) is 1.00. The highest BCUT2D eigenvalue weighted by Gasteiger charge is 2.31. The van der Waals surface area contributed by atoms with E-state index >= 15 is 0 Å². The minimum Gasteiger partial charge on any atom is -0.307 e. The molecule has 0 saturated heterocycles. The quantitative estimate of drug-likeness (QED) is 0.318. The molecule has 0 aliphatic heterocycles. The van der Waals surface area contributed by atoms with Crippen LogP contribution in [0.1, 0.15) is 111 Å². The van der Waals surface area contributed by atoms with Crippen LogP contribution in [0.15, 0.2) is 0 Å². The van der Waals surface area contributed by atoms with Crippen molar-refractivity contribution in [1.29, 1.82) is 0 Å². The Morgan fingerprint density at radius 1 is 0.840 bits per heavy atom. The first-order chi connectivity index (χ1) is 12.1. The molecule has 1 N–H and O–H groups in total. The van der Waals surface area contributed by atoms with Gasteiger partial charge in [-0.1, -0.05) is 85.5 Å². The largest absolute Gasteiger partial charge is 0.307 e. The van der Waals surface area contributed by atoms with Gasteiger partial charge in [-0.15, -0.1) is 0 Å². The lowest BCUT2D eigenvalue weighted by molar-refractivity contribution is 0.401. The van der Waals surface area contributed by atoms with Crippen molar-refractivity contribution >= 4 is 7.29 Å². The monoisotopic (exact) mass is 371 g/mol. The zero-order valence-electron chi connectivity index (χ0n) is 17.7. The molecule has 0 heterocycles. The molecular formula is C22H46NOP. The van der Waals surface area contributed by atoms with Crippen LogP contribution < -0.4 is 5.09 Å². The van der Waals surface area contributed by atoms with Crippen molar-refractivity contribution in [1.82, 2.24) is 5.09 Å². The van der Waals surface area contributed by atoms with Crippen molar-refractivity contribution in [2.75, 3.05) is 12.3 Å². The first kappa shape index (κ1) is 23.2. The average molecular weight is 372 g/mol. The normalized spacial score (nSPS) is 21.0. The highest BCUT2D eigenvalue weighted by Crippen LogP contribution is 2.49. The summed E-state index contributed by atoms with van der Waals surface area (Å²) >= 11 is 0. The summed E-state index contributed by atoms with van der Waals surface area (Å²) in [5.74, 6) is 1.29. The van der Waals surface area contributed by atoms with Gasteiger partial charge in [0.15, 0.2) is 0 Å². The van der Waals surface area contributed by atoms with Crippen molar-refractivity contribution < 1.29 is 4.57 Å². The first-order valence-electron chi connectivity index (χ1n) is 11.4. The minimum atomic E-state index is -2.26. The standard InChI is InChI=1S/C22H46NOP/c1-5-9-14-20(7-3)18-25(24,19-21(8-4)15-10-6-2)23-22-16-12-11-13-17-22/h20-22H,5-19H2,1-4H3,(H,23,24). The van der Waals surface area contributed by atoms with E-state index in [1.807, 2.05) is 0 Å². The summed E-state index contributed by atoms with van der Waals surface area (Å²) in [5.41, 5.74) is 0. The SMILES string of the molecule is CCCCC(CC)CP(=O)(CC(CC)CCCC)NC1CCCCC1. The molecular weight excluding hydrogens is 325 g/mol. The van der Waals surface area contributed by atoms with E-state index in [1.165, 1.54) is 83.5 Å². The Labute approximate surface area is 158 Å². The molecule has 3 heteroatoms. The Morgan fingerprint density at radius 2 is 1.32 bits per heavy atom. The van der Waals surface area contributed by atoms with E-state index in [2.05, 4.69) is 32.8 Å². The van der Waals surface area contributed by atoms with Crippen LogP contribution in [-0.4, -0.2) is 18.4 Å². The number of unbranched alkanes of at least 4 members (excludes halogenated alkanes) is 2. The second-order valence-electron chi connectivity index (χ2n) is 8.55. The Kier molecular flexibility index (Phi) is 12.4. The molecule has 1 aliphatic carbocycles. The molecule has 150 valence electrons. The Morgan fingerprint density at radius 3 is 1.72 bits per heavy atom. The fourth-order valence-corrected chi connectivity index (χ4v) is 8.25. The third-order valence-corrected chi connectivity index (χ3v) is 9.26. The van der Waals surface area contributed by atoms with Gasteiger partial charge in [0.1, 0.15) is 7.29 Å². The van der Waals surface area contributed by atoms with Crippen LogP contribution in [-0.2, 0) is 4.57 Å². The van der Waals surface area contributed by atoms with E-state index in [-0.39, 0.29) is 0 Å². The smallest absolute Gasteiger partial charge is 0.148 e. The summed E-state index contributed by atoms with van der Waals surface area (Å²) in [7, 11) is -2.26. The highest BCUT2D eigenvalue weighted by molar-refractivity contribution is 7.61. The van der Waals surface area contributed by atoms with Crippen molar-refractivity contribution in [2.45, 2.75) is 117 Å². The van der Waals surface area contributed by atoms with E-state index in [9.17, 15) is 4.57 Å². The van der Waals surface area contributed by atoms with Gasteiger partial charge in [-0.05, 0) is 37.5 Å². The van der Waals surface area contributed by atoms with Crippen LogP contribution in [0.2, 0.25) is 0 Å². The topological polar surface area (TPSA) is 29.1 Å². The summed E-state index contributed by atoms with van der Waals surface area (Å²) in [5, 5.41) is 3.77. The summed E-state index contributed by atoms with van der Waals surface area (Å²) in [4.78, 5) is 0. The van der Waals surface area contributed by atoms with Crippen molar-refractivity contribution in [3.63, 3.8) is 0 Å². The second-order valence-corrected chi connectivity index (χ2v) is 11.3. The first-order valence-corrected chi connectivity index (χ1v) is 13.5. The minimum absolute atomic E-state index is 0.520. The Bertz CT molecular complexity index is 343. The predicted molar refractivity (Wildman–Crippen MR) is 114 cm³/mol. The van der Waals surface area contributed by atoms with Gasteiger partial charge in [-0.2, -0.15) is 0 Å². The molecule has 0 radical (unpaired) electrons. The Hall–Kier alpha value is 0.190. The average Bonchev–Trinajstić information content (AvgIpc) is 2.63. The number of hydrogen-bond donors (Lipinski definition) is 1. The Balaban J connectivity index is 2.76. The van der Waals surface area contributed by atoms with Crippen LogP contribution in [0, 0.1) is 11.8 Å². The molecule has 0 aromatic rings. The molecule has 0 aromatic carbocycles. The van der Waals surface area contributed by atoms with Gasteiger partial charge >= 0.3 is 0 Å². The van der Waals surface area contributed by atoms with Gasteiger partial charge in [0, 0.05) is 18.4 Å². The molecule has 0 amide bonds. The van der Waals surface area contributed by atoms with Gasteiger partial charge in [0.05, 0.1) is 0 Å². The molecule has 1 saturated carbocycles. The van der Waals surface area contributed by atoms with Crippen molar-refractivity contribution in [3.8, 4) is 0 Å². The van der Waals surface area contributed by atoms with Gasteiger partial charge in [-0.3, -0.25) is 5.09 Å². The third kappa shape index (κ3) is 9.62. The van der Waals surface area contributed by atoms with Crippen LogP contribution in [0.3, 0.4) is 0 Å². The van der Waals surface area contributed by atoms with Crippen LogP contribution in [0.5, 0.6) is 0 Å². The van der Waals surface area contributed by atoms with E-state index in [4.69, 9.17) is 0 Å². The van der Waals surface area contributed by atoms with Crippen molar-refractivity contribution in [2.24, 2.45) is 11.8 Å². The molecule has 1 fully saturated rings. The van der Waals surface area contributed by atoms with Crippen LogP contribution >= 0.6 is 7.29 Å². The van der Waals surface area contributed by atoms with Gasteiger partial charge in [0.25, 0.3) is 0 Å². The maximum Gasteiger partial charge on any atom is 0.148 e. The van der Waals surface area contributed by atoms with E-state index in [1.54, 1.807) is 0 Å². The molecule has 25 heavy (non-hydrogen) atoms. The number of rotatable bonds is 14. The van der Waals surface area contributed by atoms with Gasteiger partial charge < -0.3 is 4.57 Å². The highest BCUT2D eigenvalue weighted by atomic mass is 31.2. The number of nitrogens with one attached hydrogen (secondary N) is 1. The zero-order chi connectivity index (χ0) is 18.5. The summed E-state index contributed by atoms with van der Waals surface area (Å²) in [6, 6.07) is 0.520. The predicted octanol–water partition coefficient (Wildman–Crippen LogP) is 7.62. The molecule has 1 aliphatic rings. The summed E-state index contributed by atoms with van der Waals surface area (Å²) < 4.78 is 14.0. The van der Waals surface area contributed by atoms with E-state index in [0.717, 1.165) is 12.3 Å². The lowest BCUT2D eigenvalue weighted by atomic mass is 9.96. The molecule has 0 bridgehead atoms. The van der Waals surface area contributed by atoms with E-state index < -0.39 is 7.29 Å². The third-order valence-electron chi connectivity index (χ3n) is 6.22. The molecule has 2 unspecified atom stereocenters. The lowest BCUT2D eigenvalue weighted by Crippen LogP contribution is -2.32. The second kappa shape index (κ2) is 13.4. The van der Waals surface area contributed by atoms with Gasteiger partial charge in [-0.25, -0.2) is 0 Å². The molecule has 0 spiro atoms.